The summed E-state index contributed by atoms with van der Waals surface area (Å²) in [5.41, 5.74) is 2.43. The maximum atomic E-state index is 5.99. The summed E-state index contributed by atoms with van der Waals surface area (Å²) in [4.78, 5) is 4.35. The molecule has 17 heavy (non-hydrogen) atoms. The van der Waals surface area contributed by atoms with Gasteiger partial charge >= 0.3 is 0 Å². The van der Waals surface area contributed by atoms with Crippen molar-refractivity contribution in [2.75, 3.05) is 13.1 Å². The van der Waals surface area contributed by atoms with E-state index in [4.69, 9.17) is 11.6 Å². The van der Waals surface area contributed by atoms with Crippen LogP contribution in [0.5, 0.6) is 0 Å². The van der Waals surface area contributed by atoms with Gasteiger partial charge in [-0.2, -0.15) is 0 Å². The van der Waals surface area contributed by atoms with E-state index in [0.717, 1.165) is 36.1 Å². The third kappa shape index (κ3) is 3.37. The van der Waals surface area contributed by atoms with Crippen molar-refractivity contribution in [3.8, 4) is 0 Å². The van der Waals surface area contributed by atoms with E-state index in [2.05, 4.69) is 34.7 Å². The molecule has 2 rings (SSSR count). The lowest BCUT2D eigenvalue weighted by atomic mass is 10.1. The average molecular weight is 252 g/mol. The number of rotatable bonds is 3. The standard InChI is InChI=1S/C13H18ClN3/c1-9-7-11(3-4-12(9)14)5-6-15-13-16-8-10(2)17-13/h3-4,7,10H,5-6,8H2,1-2H3,(H2,15,16,17). The second-order valence-corrected chi connectivity index (χ2v) is 4.90. The van der Waals surface area contributed by atoms with Crippen LogP contribution in [0.2, 0.25) is 5.02 Å². The summed E-state index contributed by atoms with van der Waals surface area (Å²) >= 11 is 5.99. The minimum Gasteiger partial charge on any atom is -0.356 e. The monoisotopic (exact) mass is 251 g/mol. The molecule has 0 saturated heterocycles. The minimum atomic E-state index is 0.454. The fourth-order valence-corrected chi connectivity index (χ4v) is 1.96. The first-order valence-electron chi connectivity index (χ1n) is 5.95. The number of guanidine groups is 1. The van der Waals surface area contributed by atoms with E-state index in [-0.39, 0.29) is 0 Å². The highest BCUT2D eigenvalue weighted by atomic mass is 35.5. The van der Waals surface area contributed by atoms with Crippen LogP contribution in [0.15, 0.2) is 23.2 Å². The third-order valence-electron chi connectivity index (χ3n) is 2.83. The van der Waals surface area contributed by atoms with Crippen molar-refractivity contribution < 1.29 is 0 Å². The molecule has 1 aliphatic rings. The molecule has 1 heterocycles. The maximum Gasteiger partial charge on any atom is 0.191 e. The van der Waals surface area contributed by atoms with Crippen molar-refractivity contribution in [3.63, 3.8) is 0 Å². The molecule has 0 fully saturated rings. The predicted octanol–water partition coefficient (Wildman–Crippen LogP) is 2.13. The lowest BCUT2D eigenvalue weighted by Gasteiger charge is -2.09. The fraction of sp³-hybridized carbons (Fsp3) is 0.462. The molecule has 0 saturated carbocycles. The van der Waals surface area contributed by atoms with Gasteiger partial charge in [-0.15, -0.1) is 0 Å². The van der Waals surface area contributed by atoms with Crippen molar-refractivity contribution in [1.29, 1.82) is 0 Å². The van der Waals surface area contributed by atoms with E-state index in [1.54, 1.807) is 0 Å². The molecule has 92 valence electrons. The van der Waals surface area contributed by atoms with E-state index in [1.807, 2.05) is 13.0 Å². The number of aryl methyl sites for hydroxylation is 1. The smallest absolute Gasteiger partial charge is 0.191 e. The Morgan fingerprint density at radius 2 is 2.35 bits per heavy atom. The topological polar surface area (TPSA) is 36.4 Å². The molecule has 0 aromatic heterocycles. The first kappa shape index (κ1) is 12.2. The van der Waals surface area contributed by atoms with E-state index < -0.39 is 0 Å². The summed E-state index contributed by atoms with van der Waals surface area (Å²) in [6.45, 7) is 5.91. The highest BCUT2D eigenvalue weighted by Crippen LogP contribution is 2.16. The Kier molecular flexibility index (Phi) is 3.89. The third-order valence-corrected chi connectivity index (χ3v) is 3.26. The molecule has 4 heteroatoms. The molecule has 1 aromatic rings. The van der Waals surface area contributed by atoms with Gasteiger partial charge in [-0.25, -0.2) is 0 Å². The largest absolute Gasteiger partial charge is 0.356 e. The second-order valence-electron chi connectivity index (χ2n) is 4.49. The van der Waals surface area contributed by atoms with Crippen LogP contribution in [0.1, 0.15) is 18.1 Å². The van der Waals surface area contributed by atoms with Gasteiger partial charge in [0, 0.05) is 17.6 Å². The first-order chi connectivity index (χ1) is 8.15. The van der Waals surface area contributed by atoms with Crippen LogP contribution in [-0.2, 0) is 6.42 Å². The molecule has 1 aliphatic heterocycles. The number of aliphatic imine (C=N–C) groups is 1. The zero-order chi connectivity index (χ0) is 12.3. The predicted molar refractivity (Wildman–Crippen MR) is 72.8 cm³/mol. The molecule has 0 aliphatic carbocycles. The number of hydrogen-bond donors (Lipinski definition) is 2. The maximum absolute atomic E-state index is 5.99. The van der Waals surface area contributed by atoms with Gasteiger partial charge in [-0.05, 0) is 37.5 Å². The van der Waals surface area contributed by atoms with Gasteiger partial charge in [0.05, 0.1) is 6.54 Å². The SMILES string of the molecule is Cc1cc(CCNC2=NCC(C)N2)ccc1Cl. The Morgan fingerprint density at radius 3 is 3.00 bits per heavy atom. The molecular weight excluding hydrogens is 234 g/mol. The molecular formula is C13H18ClN3. The molecule has 0 amide bonds. The van der Waals surface area contributed by atoms with Gasteiger partial charge in [-0.3, -0.25) is 4.99 Å². The summed E-state index contributed by atoms with van der Waals surface area (Å²) < 4.78 is 0. The molecule has 1 atom stereocenters. The fourth-order valence-electron chi connectivity index (χ4n) is 1.85. The van der Waals surface area contributed by atoms with Gasteiger partial charge < -0.3 is 10.6 Å². The van der Waals surface area contributed by atoms with Crippen LogP contribution in [0, 0.1) is 6.92 Å². The van der Waals surface area contributed by atoms with Gasteiger partial charge in [0.25, 0.3) is 0 Å². The lowest BCUT2D eigenvalue weighted by Crippen LogP contribution is -2.38. The van der Waals surface area contributed by atoms with Crippen molar-refractivity contribution in [3.05, 3.63) is 34.3 Å². The molecule has 3 nitrogen and oxygen atoms in total. The number of halogens is 1. The van der Waals surface area contributed by atoms with E-state index in [1.165, 1.54) is 5.56 Å². The van der Waals surface area contributed by atoms with Crippen LogP contribution < -0.4 is 10.6 Å². The van der Waals surface area contributed by atoms with E-state index in [9.17, 15) is 0 Å². The Morgan fingerprint density at radius 1 is 1.53 bits per heavy atom. The zero-order valence-electron chi connectivity index (χ0n) is 10.3. The Bertz CT molecular complexity index is 429. The Balaban J connectivity index is 1.80. The van der Waals surface area contributed by atoms with Crippen molar-refractivity contribution in [2.24, 2.45) is 4.99 Å². The molecule has 1 unspecified atom stereocenters. The molecule has 0 spiro atoms. The summed E-state index contributed by atoms with van der Waals surface area (Å²) in [5, 5.41) is 7.41. The average Bonchev–Trinajstić information content (AvgIpc) is 2.70. The number of benzene rings is 1. The summed E-state index contributed by atoms with van der Waals surface area (Å²) in [5.74, 6) is 0.920. The van der Waals surface area contributed by atoms with Crippen LogP contribution >= 0.6 is 11.6 Å². The summed E-state index contributed by atoms with van der Waals surface area (Å²) in [6, 6.07) is 6.62. The van der Waals surface area contributed by atoms with Crippen LogP contribution in [-0.4, -0.2) is 25.1 Å². The molecule has 1 aromatic carbocycles. The van der Waals surface area contributed by atoms with Crippen LogP contribution in [0.4, 0.5) is 0 Å². The van der Waals surface area contributed by atoms with Crippen molar-refractivity contribution in [2.45, 2.75) is 26.3 Å². The second kappa shape index (κ2) is 5.41. The number of nitrogens with zero attached hydrogens (tertiary/aromatic N) is 1. The minimum absolute atomic E-state index is 0.454. The Hall–Kier alpha value is -1.22. The first-order valence-corrected chi connectivity index (χ1v) is 6.33. The van der Waals surface area contributed by atoms with E-state index >= 15 is 0 Å². The van der Waals surface area contributed by atoms with Crippen molar-refractivity contribution in [1.82, 2.24) is 10.6 Å². The number of hydrogen-bond acceptors (Lipinski definition) is 3. The molecule has 0 radical (unpaired) electrons. The van der Waals surface area contributed by atoms with Gasteiger partial charge in [0.15, 0.2) is 5.96 Å². The molecule has 0 bridgehead atoms. The van der Waals surface area contributed by atoms with Gasteiger partial charge in [0.1, 0.15) is 0 Å². The van der Waals surface area contributed by atoms with Gasteiger partial charge in [-0.1, -0.05) is 23.7 Å². The van der Waals surface area contributed by atoms with Crippen molar-refractivity contribution >= 4 is 17.6 Å². The Labute approximate surface area is 107 Å². The zero-order valence-corrected chi connectivity index (χ0v) is 11.0. The normalized spacial score (nSPS) is 18.8. The van der Waals surface area contributed by atoms with E-state index in [0.29, 0.717) is 6.04 Å². The quantitative estimate of drug-likeness (QED) is 0.864. The number of nitrogens with one attached hydrogen (secondary N) is 2. The summed E-state index contributed by atoms with van der Waals surface area (Å²) in [6.07, 6.45) is 0.979. The summed E-state index contributed by atoms with van der Waals surface area (Å²) in [7, 11) is 0. The van der Waals surface area contributed by atoms with Gasteiger partial charge in [0.2, 0.25) is 0 Å². The highest BCUT2D eigenvalue weighted by Gasteiger charge is 2.11. The van der Waals surface area contributed by atoms with Crippen LogP contribution in [0.3, 0.4) is 0 Å². The van der Waals surface area contributed by atoms with Crippen LogP contribution in [0.25, 0.3) is 0 Å². The highest BCUT2D eigenvalue weighted by molar-refractivity contribution is 6.31. The lowest BCUT2D eigenvalue weighted by molar-refractivity contribution is 0.712. The molecule has 2 N–H and O–H groups in total.